The average Bonchev–Trinajstić information content (AvgIpc) is 4.10. The van der Waals surface area contributed by atoms with Gasteiger partial charge in [-0.15, -0.1) is 0 Å². The van der Waals surface area contributed by atoms with Crippen LogP contribution < -0.4 is 0 Å². The third-order valence-corrected chi connectivity index (χ3v) is 6.72. The molecular formula is C64H110. The van der Waals surface area contributed by atoms with Gasteiger partial charge in [-0.2, -0.15) is 0 Å². The number of hydrogen-bond acceptors (Lipinski definition) is 0. The van der Waals surface area contributed by atoms with Crippen LogP contribution in [0.25, 0.3) is 28.0 Å². The lowest BCUT2D eigenvalue weighted by Crippen LogP contribution is -1.77. The van der Waals surface area contributed by atoms with Gasteiger partial charge in [0.1, 0.15) is 0 Å². The molecule has 0 aliphatic heterocycles. The quantitative estimate of drug-likeness (QED) is 0.142. The molecule has 0 fully saturated rings. The van der Waals surface area contributed by atoms with E-state index >= 15 is 0 Å². The van der Waals surface area contributed by atoms with E-state index in [1.54, 1.807) is 0 Å². The summed E-state index contributed by atoms with van der Waals surface area (Å²) >= 11 is 0. The SMILES string of the molecule is C1=Cc2ccccc2C1.CC.CC.CC.CC.CC.CC.CC.CC.CC.CC.CC.CC.CC.c1ccc2c(c1)Cc1ccccc1-2.c1ccc2ccccc2c1.c1ccccc1. The molecular weight excluding hydrogens is 769 g/mol. The van der Waals surface area contributed by atoms with Crippen molar-refractivity contribution >= 4 is 16.8 Å². The molecule has 0 saturated heterocycles. The Labute approximate surface area is 405 Å². The van der Waals surface area contributed by atoms with Gasteiger partial charge in [0.05, 0.1) is 0 Å². The van der Waals surface area contributed by atoms with Crippen LogP contribution in [0.2, 0.25) is 0 Å². The molecule has 0 N–H and O–H groups in total. The van der Waals surface area contributed by atoms with Crippen LogP contribution in [0.4, 0.5) is 0 Å². The summed E-state index contributed by atoms with van der Waals surface area (Å²) in [5.74, 6) is 0. The van der Waals surface area contributed by atoms with Gasteiger partial charge < -0.3 is 0 Å². The topological polar surface area (TPSA) is 0 Å². The van der Waals surface area contributed by atoms with Crippen LogP contribution in [-0.2, 0) is 12.8 Å². The first-order chi connectivity index (χ1) is 31.9. The molecule has 0 saturated carbocycles. The molecule has 6 aromatic rings. The van der Waals surface area contributed by atoms with E-state index in [2.05, 4.69) is 133 Å². The van der Waals surface area contributed by atoms with E-state index in [4.69, 9.17) is 0 Å². The smallest absolute Gasteiger partial charge is 0.00135 e. The van der Waals surface area contributed by atoms with E-state index in [-0.39, 0.29) is 0 Å². The van der Waals surface area contributed by atoms with Crippen LogP contribution in [0.3, 0.4) is 0 Å². The van der Waals surface area contributed by atoms with Crippen LogP contribution in [0.15, 0.2) is 164 Å². The van der Waals surface area contributed by atoms with Gasteiger partial charge in [0, 0.05) is 0 Å². The fourth-order valence-electron chi connectivity index (χ4n) is 4.79. The fourth-order valence-corrected chi connectivity index (χ4v) is 4.79. The monoisotopic (exact) mass is 879 g/mol. The molecule has 0 spiro atoms. The standard InChI is InChI=1S/C13H10.C10H8.C9H8.C6H6.13C2H6/c1-3-7-12-10(5-1)9-11-6-2-4-8-13(11)12;1-2-6-10-8-4-3-7-9(10)5-1;1-2-5-9-7-3-6-8(9)4-1;1-2-4-6-5-3-1;13*1-2/h1-8H,9H2;1-8H;1-6H,7H2;1-6H;13*1-2H3. The molecule has 2 aliphatic rings. The van der Waals surface area contributed by atoms with E-state index < -0.39 is 0 Å². The normalized spacial score (nSPS) is 7.97. The highest BCUT2D eigenvalue weighted by molar-refractivity contribution is 5.82. The largest absolute Gasteiger partial charge is 0.0795 e. The van der Waals surface area contributed by atoms with Gasteiger partial charge in [-0.05, 0) is 57.0 Å². The highest BCUT2D eigenvalue weighted by atomic mass is 14.2. The van der Waals surface area contributed by atoms with Gasteiger partial charge in [0.25, 0.3) is 0 Å². The first kappa shape index (κ1) is 79.7. The molecule has 2 aliphatic carbocycles. The van der Waals surface area contributed by atoms with Crippen LogP contribution in [-0.4, -0.2) is 0 Å². The van der Waals surface area contributed by atoms with Gasteiger partial charge in [-0.25, -0.2) is 0 Å². The first-order valence-electron chi connectivity index (χ1n) is 26.2. The molecule has 8 rings (SSSR count). The molecule has 6 aromatic carbocycles. The number of hydrogen-bond donors (Lipinski definition) is 0. The molecule has 0 atom stereocenters. The summed E-state index contributed by atoms with van der Waals surface area (Å²) < 4.78 is 0. The first-order valence-corrected chi connectivity index (χ1v) is 26.2. The van der Waals surface area contributed by atoms with Crippen LogP contribution in [0.5, 0.6) is 0 Å². The maximum atomic E-state index is 2.22. The summed E-state index contributed by atoms with van der Waals surface area (Å²) in [7, 11) is 0. The molecule has 0 aromatic heterocycles. The zero-order valence-corrected chi connectivity index (χ0v) is 47.6. The third-order valence-electron chi connectivity index (χ3n) is 6.72. The van der Waals surface area contributed by atoms with Crippen molar-refractivity contribution in [2.45, 2.75) is 193 Å². The van der Waals surface area contributed by atoms with E-state index in [9.17, 15) is 0 Å². The summed E-state index contributed by atoms with van der Waals surface area (Å²) in [5, 5.41) is 2.62. The summed E-state index contributed by atoms with van der Waals surface area (Å²) in [6, 6.07) is 54.5. The van der Waals surface area contributed by atoms with Crippen molar-refractivity contribution < 1.29 is 0 Å². The molecule has 0 radical (unpaired) electrons. The van der Waals surface area contributed by atoms with Crippen LogP contribution >= 0.6 is 0 Å². The van der Waals surface area contributed by atoms with Gasteiger partial charge >= 0.3 is 0 Å². The maximum Gasteiger partial charge on any atom is -0.00135 e. The Hall–Kier alpha value is -4.68. The zero-order valence-electron chi connectivity index (χ0n) is 47.6. The minimum Gasteiger partial charge on any atom is -0.0795 e. The molecule has 0 heteroatoms. The van der Waals surface area contributed by atoms with E-state index in [0.29, 0.717) is 0 Å². The van der Waals surface area contributed by atoms with Gasteiger partial charge in [0.2, 0.25) is 0 Å². The highest BCUT2D eigenvalue weighted by Gasteiger charge is 2.15. The predicted octanol–water partition coefficient (Wildman–Crippen LogP) is 23.4. The lowest BCUT2D eigenvalue weighted by Gasteiger charge is -1.98. The zero-order chi connectivity index (χ0) is 51.8. The minimum atomic E-state index is 1.10. The Bertz CT molecular complexity index is 1470. The van der Waals surface area contributed by atoms with Gasteiger partial charge in [-0.1, -0.05) is 350 Å². The van der Waals surface area contributed by atoms with E-state index in [1.165, 1.54) is 44.2 Å². The number of rotatable bonds is 0. The van der Waals surface area contributed by atoms with Crippen molar-refractivity contribution in [1.29, 1.82) is 0 Å². The molecule has 0 nitrogen and oxygen atoms in total. The van der Waals surface area contributed by atoms with Crippen molar-refractivity contribution in [2.75, 3.05) is 0 Å². The highest BCUT2D eigenvalue weighted by Crippen LogP contribution is 2.35. The van der Waals surface area contributed by atoms with Gasteiger partial charge in [-0.3, -0.25) is 0 Å². The second-order valence-electron chi connectivity index (χ2n) is 9.30. The van der Waals surface area contributed by atoms with Crippen LogP contribution in [0.1, 0.15) is 202 Å². The Kier molecular flexibility index (Phi) is 98.1. The second-order valence-corrected chi connectivity index (χ2v) is 9.30. The summed E-state index contributed by atoms with van der Waals surface area (Å²) in [6.45, 7) is 52.0. The number of benzene rings is 6. The average molecular weight is 880 g/mol. The summed E-state index contributed by atoms with van der Waals surface area (Å²) in [6.07, 6.45) is 6.60. The molecule has 0 unspecified atom stereocenters. The third kappa shape index (κ3) is 41.3. The minimum absolute atomic E-state index is 1.10. The number of allylic oxidation sites excluding steroid dienone is 1. The summed E-state index contributed by atoms with van der Waals surface area (Å²) in [5.41, 5.74) is 8.60. The van der Waals surface area contributed by atoms with E-state index in [0.717, 1.165) is 12.8 Å². The lowest BCUT2D eigenvalue weighted by molar-refractivity contribution is 1.26. The predicted molar refractivity (Wildman–Crippen MR) is 312 cm³/mol. The van der Waals surface area contributed by atoms with Gasteiger partial charge in [0.15, 0.2) is 0 Å². The Morgan fingerprint density at radius 1 is 0.234 bits per heavy atom. The molecule has 0 heterocycles. The maximum absolute atomic E-state index is 2.22. The Morgan fingerprint density at radius 3 is 0.750 bits per heavy atom. The Morgan fingerprint density at radius 2 is 0.469 bits per heavy atom. The number of fused-ring (bicyclic) bond motifs is 5. The van der Waals surface area contributed by atoms with Crippen molar-refractivity contribution in [2.24, 2.45) is 0 Å². The van der Waals surface area contributed by atoms with E-state index in [1.807, 2.05) is 216 Å². The van der Waals surface area contributed by atoms with Crippen molar-refractivity contribution in [3.8, 4) is 11.1 Å². The summed E-state index contributed by atoms with van der Waals surface area (Å²) in [4.78, 5) is 0. The van der Waals surface area contributed by atoms with Crippen molar-refractivity contribution in [3.63, 3.8) is 0 Å². The molecule has 64 heavy (non-hydrogen) atoms. The fraction of sp³-hybridized carbons (Fsp3) is 0.438. The molecule has 0 amide bonds. The van der Waals surface area contributed by atoms with Crippen LogP contribution in [0, 0.1) is 0 Å². The molecule has 0 bridgehead atoms. The van der Waals surface area contributed by atoms with Crippen molar-refractivity contribution in [1.82, 2.24) is 0 Å². The van der Waals surface area contributed by atoms with Crippen molar-refractivity contribution in [3.05, 3.63) is 186 Å². The molecule has 366 valence electrons. The second kappa shape index (κ2) is 78.8. The Balaban J connectivity index is -0.0000000780. The lowest BCUT2D eigenvalue weighted by atomic mass is 10.1.